The van der Waals surface area contributed by atoms with Crippen LogP contribution in [0.2, 0.25) is 0 Å². The van der Waals surface area contributed by atoms with Crippen molar-refractivity contribution in [2.75, 3.05) is 13.1 Å². The smallest absolute Gasteiger partial charge is 0.259 e. The Hall–Kier alpha value is -2.21. The van der Waals surface area contributed by atoms with E-state index in [0.29, 0.717) is 35.8 Å². The summed E-state index contributed by atoms with van der Waals surface area (Å²) in [5.41, 5.74) is 1.47. The number of hydrogen-bond donors (Lipinski definition) is 1. The number of pyridine rings is 1. The molecule has 3 heterocycles. The van der Waals surface area contributed by atoms with Crippen LogP contribution >= 0.6 is 0 Å². The Labute approximate surface area is 127 Å². The lowest BCUT2D eigenvalue weighted by molar-refractivity contribution is 0.0763. The first-order chi connectivity index (χ1) is 10.6. The molecule has 1 amide bonds. The van der Waals surface area contributed by atoms with Crippen LogP contribution in [-0.2, 0) is 0 Å². The number of rotatable bonds is 2. The number of aromatic nitrogens is 2. The van der Waals surface area contributed by atoms with E-state index in [0.717, 1.165) is 12.8 Å². The number of amides is 1. The first kappa shape index (κ1) is 13.5. The normalized spacial score (nSPS) is 22.3. The van der Waals surface area contributed by atoms with Gasteiger partial charge in [0.25, 0.3) is 5.91 Å². The average molecular weight is 299 g/mol. The van der Waals surface area contributed by atoms with E-state index in [4.69, 9.17) is 4.52 Å². The monoisotopic (exact) mass is 299 g/mol. The van der Waals surface area contributed by atoms with Gasteiger partial charge >= 0.3 is 0 Å². The number of carbonyl (C=O) groups excluding carboxylic acids is 1. The van der Waals surface area contributed by atoms with Gasteiger partial charge in [-0.1, -0.05) is 11.2 Å². The van der Waals surface area contributed by atoms with Gasteiger partial charge in [-0.2, -0.15) is 0 Å². The van der Waals surface area contributed by atoms with Gasteiger partial charge in [0.05, 0.1) is 11.8 Å². The molecule has 1 atom stereocenters. The number of carbonyl (C=O) groups is 1. The summed E-state index contributed by atoms with van der Waals surface area (Å²) in [6, 6.07) is 5.46. The predicted molar refractivity (Wildman–Crippen MR) is 78.0 cm³/mol. The summed E-state index contributed by atoms with van der Waals surface area (Å²) in [5.74, 6) is 0.346. The lowest BCUT2D eigenvalue weighted by Gasteiger charge is -2.15. The molecule has 0 bridgehead atoms. The Morgan fingerprint density at radius 3 is 2.91 bits per heavy atom. The topological polar surface area (TPSA) is 79.5 Å². The Bertz CT molecular complexity index is 721. The second-order valence-corrected chi connectivity index (χ2v) is 6.24. The minimum atomic E-state index is -0.421. The molecule has 1 aliphatic carbocycles. The summed E-state index contributed by atoms with van der Waals surface area (Å²) in [5, 5.41) is 14.1. The molecule has 4 rings (SSSR count). The molecule has 1 saturated heterocycles. The first-order valence-corrected chi connectivity index (χ1v) is 7.46. The SMILES string of the molecule is Cc1onc(-c2ccccn2)c1C(=O)N1CC(O)C2(CC2)C1. The number of hydrogen-bond acceptors (Lipinski definition) is 5. The van der Waals surface area contributed by atoms with Crippen molar-refractivity contribution in [2.45, 2.75) is 25.9 Å². The van der Waals surface area contributed by atoms with E-state index in [9.17, 15) is 9.90 Å². The Morgan fingerprint density at radius 1 is 1.45 bits per heavy atom. The number of aryl methyl sites for hydroxylation is 1. The molecule has 6 nitrogen and oxygen atoms in total. The van der Waals surface area contributed by atoms with Crippen LogP contribution in [0.1, 0.15) is 29.0 Å². The summed E-state index contributed by atoms with van der Waals surface area (Å²) >= 11 is 0. The second-order valence-electron chi connectivity index (χ2n) is 6.24. The van der Waals surface area contributed by atoms with Crippen LogP contribution < -0.4 is 0 Å². The molecule has 2 fully saturated rings. The summed E-state index contributed by atoms with van der Waals surface area (Å²) < 4.78 is 5.23. The number of likely N-dealkylation sites (tertiary alicyclic amines) is 1. The van der Waals surface area contributed by atoms with Crippen molar-refractivity contribution in [1.82, 2.24) is 15.0 Å². The maximum Gasteiger partial charge on any atom is 0.259 e. The molecular weight excluding hydrogens is 282 g/mol. The molecule has 1 N–H and O–H groups in total. The summed E-state index contributed by atoms with van der Waals surface area (Å²) in [4.78, 5) is 18.8. The van der Waals surface area contributed by atoms with E-state index >= 15 is 0 Å². The molecule has 2 aromatic heterocycles. The lowest BCUT2D eigenvalue weighted by atomic mass is 10.0. The largest absolute Gasteiger partial charge is 0.391 e. The predicted octanol–water partition coefficient (Wildman–Crippen LogP) is 1.64. The third-order valence-electron chi connectivity index (χ3n) is 4.77. The molecule has 2 aromatic rings. The van der Waals surface area contributed by atoms with Crippen LogP contribution in [0.5, 0.6) is 0 Å². The molecular formula is C16H17N3O3. The van der Waals surface area contributed by atoms with E-state index in [-0.39, 0.29) is 11.3 Å². The lowest BCUT2D eigenvalue weighted by Crippen LogP contribution is -2.30. The van der Waals surface area contributed by atoms with Crippen molar-refractivity contribution in [1.29, 1.82) is 0 Å². The van der Waals surface area contributed by atoms with Gasteiger partial charge in [-0.3, -0.25) is 9.78 Å². The van der Waals surface area contributed by atoms with Gasteiger partial charge in [0.1, 0.15) is 17.0 Å². The van der Waals surface area contributed by atoms with Crippen LogP contribution in [0.4, 0.5) is 0 Å². The molecule has 1 unspecified atom stereocenters. The van der Waals surface area contributed by atoms with E-state index in [1.807, 2.05) is 12.1 Å². The van der Waals surface area contributed by atoms with Crippen molar-refractivity contribution in [3.05, 3.63) is 35.7 Å². The fourth-order valence-corrected chi connectivity index (χ4v) is 3.22. The molecule has 6 heteroatoms. The molecule has 114 valence electrons. The Morgan fingerprint density at radius 2 is 2.27 bits per heavy atom. The van der Waals surface area contributed by atoms with Crippen molar-refractivity contribution in [2.24, 2.45) is 5.41 Å². The van der Waals surface area contributed by atoms with Crippen molar-refractivity contribution < 1.29 is 14.4 Å². The molecule has 0 radical (unpaired) electrons. The maximum absolute atomic E-state index is 12.9. The minimum absolute atomic E-state index is 0.0636. The molecule has 22 heavy (non-hydrogen) atoms. The molecule has 1 aliphatic heterocycles. The van der Waals surface area contributed by atoms with Crippen LogP contribution in [0, 0.1) is 12.3 Å². The van der Waals surface area contributed by atoms with Gasteiger partial charge in [0.15, 0.2) is 0 Å². The second kappa shape index (κ2) is 4.64. The molecule has 2 aliphatic rings. The van der Waals surface area contributed by atoms with Crippen molar-refractivity contribution in [3.8, 4) is 11.4 Å². The van der Waals surface area contributed by atoms with Gasteiger partial charge in [0, 0.05) is 24.7 Å². The molecule has 0 aromatic carbocycles. The van der Waals surface area contributed by atoms with E-state index in [2.05, 4.69) is 10.1 Å². The summed E-state index contributed by atoms with van der Waals surface area (Å²) in [6.07, 6.45) is 3.23. The van der Waals surface area contributed by atoms with Gasteiger partial charge in [-0.05, 0) is 31.9 Å². The van der Waals surface area contributed by atoms with Gasteiger partial charge in [-0.15, -0.1) is 0 Å². The van der Waals surface area contributed by atoms with Gasteiger partial charge in [0.2, 0.25) is 0 Å². The highest BCUT2D eigenvalue weighted by molar-refractivity contribution is 6.00. The van der Waals surface area contributed by atoms with Crippen molar-refractivity contribution >= 4 is 5.91 Å². The van der Waals surface area contributed by atoms with E-state index < -0.39 is 6.10 Å². The van der Waals surface area contributed by atoms with Crippen LogP contribution in [0.25, 0.3) is 11.4 Å². The number of aliphatic hydroxyl groups excluding tert-OH is 1. The minimum Gasteiger partial charge on any atom is -0.391 e. The summed E-state index contributed by atoms with van der Waals surface area (Å²) in [7, 11) is 0. The fraction of sp³-hybridized carbons (Fsp3) is 0.438. The quantitative estimate of drug-likeness (QED) is 0.912. The van der Waals surface area contributed by atoms with Gasteiger partial charge < -0.3 is 14.5 Å². The molecule has 1 spiro atoms. The molecule has 1 saturated carbocycles. The first-order valence-electron chi connectivity index (χ1n) is 7.46. The number of nitrogens with zero attached hydrogens (tertiary/aromatic N) is 3. The Kier molecular flexibility index (Phi) is 2.84. The highest BCUT2D eigenvalue weighted by Gasteiger charge is 2.55. The van der Waals surface area contributed by atoms with E-state index in [1.165, 1.54) is 0 Å². The zero-order chi connectivity index (χ0) is 15.3. The van der Waals surface area contributed by atoms with E-state index in [1.54, 1.807) is 24.1 Å². The maximum atomic E-state index is 12.9. The zero-order valence-corrected chi connectivity index (χ0v) is 12.3. The zero-order valence-electron chi connectivity index (χ0n) is 12.3. The standard InChI is InChI=1S/C16H17N3O3/c1-10-13(14(18-22-10)11-4-2-3-7-17-11)15(21)19-8-12(20)16(9-19)5-6-16/h2-4,7,12,20H,5-6,8-9H2,1H3. The summed E-state index contributed by atoms with van der Waals surface area (Å²) in [6.45, 7) is 2.72. The van der Waals surface area contributed by atoms with Crippen LogP contribution in [0.3, 0.4) is 0 Å². The Balaban J connectivity index is 1.68. The van der Waals surface area contributed by atoms with Crippen molar-refractivity contribution in [3.63, 3.8) is 0 Å². The number of β-amino-alcohol motifs (C(OH)–C–C–N with tert-alkyl or cyclic N) is 1. The fourth-order valence-electron chi connectivity index (χ4n) is 3.22. The highest BCUT2D eigenvalue weighted by Crippen LogP contribution is 2.53. The third-order valence-corrected chi connectivity index (χ3v) is 4.77. The van der Waals surface area contributed by atoms with Crippen LogP contribution in [-0.4, -0.2) is 45.2 Å². The average Bonchev–Trinajstić information content (AvgIpc) is 3.10. The highest BCUT2D eigenvalue weighted by atomic mass is 16.5. The number of aliphatic hydroxyl groups is 1. The van der Waals surface area contributed by atoms with Crippen LogP contribution in [0.15, 0.2) is 28.9 Å². The van der Waals surface area contributed by atoms with Gasteiger partial charge in [-0.25, -0.2) is 0 Å². The third kappa shape index (κ3) is 1.94.